The second-order valence-electron chi connectivity index (χ2n) is 8.14. The topological polar surface area (TPSA) is 97.4 Å². The Hall–Kier alpha value is -3.89. The third kappa shape index (κ3) is 3.87. The first kappa shape index (κ1) is 20.7. The molecule has 9 nitrogen and oxygen atoms in total. The second-order valence-corrected chi connectivity index (χ2v) is 8.14. The molecule has 172 valence electrons. The lowest BCUT2D eigenvalue weighted by Crippen LogP contribution is -2.37. The molecule has 0 aliphatic carbocycles. The summed E-state index contributed by atoms with van der Waals surface area (Å²) < 4.78 is 27.2. The number of halogens is 1. The molecule has 10 heteroatoms. The molecular weight excluding hydrogens is 437 g/mol. The number of morpholine rings is 1. The van der Waals surface area contributed by atoms with Gasteiger partial charge in [0.05, 0.1) is 31.3 Å². The van der Waals surface area contributed by atoms with Crippen molar-refractivity contribution < 1.29 is 13.7 Å². The first-order valence-electron chi connectivity index (χ1n) is 11.1. The van der Waals surface area contributed by atoms with Crippen molar-refractivity contribution in [2.45, 2.75) is 6.42 Å². The van der Waals surface area contributed by atoms with Gasteiger partial charge >= 0.3 is 0 Å². The third-order valence-electron chi connectivity index (χ3n) is 6.04. The lowest BCUT2D eigenvalue weighted by molar-refractivity contribution is 0.0375. The minimum absolute atomic E-state index is 0.311. The molecule has 1 N–H and O–H groups in total. The van der Waals surface area contributed by atoms with Crippen molar-refractivity contribution in [1.82, 2.24) is 34.6 Å². The molecule has 0 spiro atoms. The molecule has 5 heterocycles. The summed E-state index contributed by atoms with van der Waals surface area (Å²) in [7, 11) is 0. The van der Waals surface area contributed by atoms with Crippen LogP contribution in [0.25, 0.3) is 39.5 Å². The normalized spacial score (nSPS) is 14.7. The van der Waals surface area contributed by atoms with E-state index in [0.29, 0.717) is 35.1 Å². The Balaban J connectivity index is 1.30. The van der Waals surface area contributed by atoms with Crippen LogP contribution in [0.15, 0.2) is 59.5 Å². The maximum absolute atomic E-state index is 14.4. The molecule has 6 rings (SSSR count). The first-order chi connectivity index (χ1) is 16.8. The van der Waals surface area contributed by atoms with Gasteiger partial charge in [-0.1, -0.05) is 17.3 Å². The molecule has 4 aromatic heterocycles. The molecule has 5 aromatic rings. The zero-order valence-corrected chi connectivity index (χ0v) is 18.3. The van der Waals surface area contributed by atoms with Crippen LogP contribution in [0.3, 0.4) is 0 Å². The summed E-state index contributed by atoms with van der Waals surface area (Å²) in [6.07, 6.45) is 6.02. The Labute approximate surface area is 194 Å². The molecule has 0 bridgehead atoms. The Morgan fingerprint density at radius 1 is 1.03 bits per heavy atom. The van der Waals surface area contributed by atoms with E-state index in [-0.39, 0.29) is 5.82 Å². The van der Waals surface area contributed by atoms with Crippen LogP contribution >= 0.6 is 0 Å². The Bertz CT molecular complexity index is 1430. The van der Waals surface area contributed by atoms with E-state index < -0.39 is 0 Å². The van der Waals surface area contributed by atoms with Gasteiger partial charge in [0.25, 0.3) is 0 Å². The summed E-state index contributed by atoms with van der Waals surface area (Å²) in [6, 6.07) is 10.5. The minimum Gasteiger partial charge on any atom is -0.379 e. The highest BCUT2D eigenvalue weighted by Gasteiger charge is 2.18. The smallest absolute Gasteiger partial charge is 0.228 e. The number of ether oxygens (including phenoxy) is 1. The number of fused-ring (bicyclic) bond motifs is 1. The highest BCUT2D eigenvalue weighted by Crippen LogP contribution is 2.32. The fourth-order valence-corrected chi connectivity index (χ4v) is 4.22. The summed E-state index contributed by atoms with van der Waals surface area (Å²) in [6.45, 7) is 4.20. The van der Waals surface area contributed by atoms with Crippen molar-refractivity contribution >= 4 is 5.65 Å². The van der Waals surface area contributed by atoms with E-state index in [4.69, 9.17) is 9.26 Å². The quantitative estimate of drug-likeness (QED) is 0.415. The summed E-state index contributed by atoms with van der Waals surface area (Å²) in [5, 5.41) is 11.3. The number of pyridine rings is 1. The van der Waals surface area contributed by atoms with Gasteiger partial charge in [0, 0.05) is 48.9 Å². The Morgan fingerprint density at radius 3 is 2.79 bits per heavy atom. The van der Waals surface area contributed by atoms with Gasteiger partial charge in [0.2, 0.25) is 11.7 Å². The van der Waals surface area contributed by atoms with Crippen LogP contribution in [-0.2, 0) is 11.2 Å². The number of aromatic amines is 1. The van der Waals surface area contributed by atoms with Crippen LogP contribution in [0.4, 0.5) is 4.39 Å². The van der Waals surface area contributed by atoms with E-state index in [2.05, 4.69) is 30.2 Å². The predicted molar refractivity (Wildman–Crippen MR) is 122 cm³/mol. The van der Waals surface area contributed by atoms with E-state index >= 15 is 0 Å². The lowest BCUT2D eigenvalue weighted by atomic mass is 10.0. The highest BCUT2D eigenvalue weighted by atomic mass is 19.1. The van der Waals surface area contributed by atoms with E-state index in [1.807, 2.05) is 22.7 Å². The summed E-state index contributed by atoms with van der Waals surface area (Å²) in [5.41, 5.74) is 4.18. The number of aromatic nitrogens is 6. The molecule has 0 amide bonds. The number of nitrogens with one attached hydrogen (secondary N) is 1. The van der Waals surface area contributed by atoms with E-state index in [9.17, 15) is 4.39 Å². The molecule has 0 saturated carbocycles. The standard InChI is InChI=1S/C24H22FN7O2/c25-19-4-2-1-3-17(19)23-18(13-27-29-23)16-5-6-21-26-14-20(32(21)15-16)24-28-22(34-30-24)7-8-31-9-11-33-12-10-31/h1-6,13-15H,7-12H2,(H,27,29). The average Bonchev–Trinajstić information content (AvgIpc) is 3.62. The van der Waals surface area contributed by atoms with Gasteiger partial charge < -0.3 is 9.26 Å². The largest absolute Gasteiger partial charge is 0.379 e. The van der Waals surface area contributed by atoms with Crippen LogP contribution in [-0.4, -0.2) is 67.5 Å². The van der Waals surface area contributed by atoms with Gasteiger partial charge in [0.15, 0.2) is 0 Å². The van der Waals surface area contributed by atoms with Crippen LogP contribution in [0.5, 0.6) is 0 Å². The molecule has 1 fully saturated rings. The fourth-order valence-electron chi connectivity index (χ4n) is 4.22. The van der Waals surface area contributed by atoms with Crippen LogP contribution in [0, 0.1) is 5.82 Å². The molecule has 1 aromatic carbocycles. The number of imidazole rings is 1. The number of hydrogen-bond donors (Lipinski definition) is 1. The van der Waals surface area contributed by atoms with E-state index in [0.717, 1.165) is 49.6 Å². The van der Waals surface area contributed by atoms with Crippen LogP contribution < -0.4 is 0 Å². The van der Waals surface area contributed by atoms with Gasteiger partial charge in [-0.05, 0) is 24.3 Å². The van der Waals surface area contributed by atoms with Gasteiger partial charge in [-0.2, -0.15) is 10.1 Å². The zero-order chi connectivity index (χ0) is 22.9. The number of rotatable bonds is 6. The number of H-pyrrole nitrogens is 1. The minimum atomic E-state index is -0.311. The van der Waals surface area contributed by atoms with Crippen molar-refractivity contribution in [3.05, 3.63) is 66.7 Å². The Kier molecular flexibility index (Phi) is 5.36. The number of hydrogen-bond acceptors (Lipinski definition) is 7. The molecule has 0 atom stereocenters. The molecular formula is C24H22FN7O2. The second kappa shape index (κ2) is 8.81. The van der Waals surface area contributed by atoms with Crippen molar-refractivity contribution in [2.75, 3.05) is 32.8 Å². The fraction of sp³-hybridized carbons (Fsp3) is 0.250. The van der Waals surface area contributed by atoms with Crippen LogP contribution in [0.2, 0.25) is 0 Å². The lowest BCUT2D eigenvalue weighted by Gasteiger charge is -2.25. The van der Waals surface area contributed by atoms with Crippen molar-refractivity contribution in [3.8, 4) is 33.9 Å². The van der Waals surface area contributed by atoms with Gasteiger partial charge in [-0.25, -0.2) is 9.37 Å². The summed E-state index contributed by atoms with van der Waals surface area (Å²) >= 11 is 0. The number of benzene rings is 1. The van der Waals surface area contributed by atoms with E-state index in [1.54, 1.807) is 30.6 Å². The molecule has 0 radical (unpaired) electrons. The molecule has 34 heavy (non-hydrogen) atoms. The maximum atomic E-state index is 14.4. The van der Waals surface area contributed by atoms with Gasteiger partial charge in [-0.3, -0.25) is 14.4 Å². The Morgan fingerprint density at radius 2 is 1.91 bits per heavy atom. The van der Waals surface area contributed by atoms with E-state index in [1.165, 1.54) is 6.07 Å². The predicted octanol–water partition coefficient (Wildman–Crippen LogP) is 3.46. The van der Waals surface area contributed by atoms with Crippen LogP contribution in [0.1, 0.15) is 5.89 Å². The van der Waals surface area contributed by atoms with Crippen molar-refractivity contribution in [1.29, 1.82) is 0 Å². The summed E-state index contributed by atoms with van der Waals surface area (Å²) in [4.78, 5) is 11.4. The third-order valence-corrected chi connectivity index (χ3v) is 6.04. The maximum Gasteiger partial charge on any atom is 0.228 e. The van der Waals surface area contributed by atoms with Gasteiger partial charge in [0.1, 0.15) is 17.2 Å². The molecule has 1 saturated heterocycles. The monoisotopic (exact) mass is 459 g/mol. The average molecular weight is 459 g/mol. The molecule has 0 unspecified atom stereocenters. The molecule has 1 aliphatic heterocycles. The zero-order valence-electron chi connectivity index (χ0n) is 18.3. The SMILES string of the molecule is Fc1ccccc1-c1[nH]ncc1-c1ccc2ncc(-c3noc(CCN4CCOCC4)n3)n2c1. The van der Waals surface area contributed by atoms with Gasteiger partial charge in [-0.15, -0.1) is 0 Å². The van der Waals surface area contributed by atoms with Crippen molar-refractivity contribution in [3.63, 3.8) is 0 Å². The van der Waals surface area contributed by atoms with Crippen molar-refractivity contribution in [2.24, 2.45) is 0 Å². The molecule has 1 aliphatic rings. The highest BCUT2D eigenvalue weighted by molar-refractivity contribution is 5.81. The number of nitrogens with zero attached hydrogens (tertiary/aromatic N) is 6. The summed E-state index contributed by atoms with van der Waals surface area (Å²) in [5.74, 6) is 0.751. The first-order valence-corrected chi connectivity index (χ1v) is 11.1.